The van der Waals surface area contributed by atoms with Crippen LogP contribution >= 0.6 is 23.1 Å². The third-order valence-corrected chi connectivity index (χ3v) is 6.18. The maximum Gasteiger partial charge on any atom is 0.229 e. The Morgan fingerprint density at radius 3 is 2.59 bits per heavy atom. The van der Waals surface area contributed by atoms with Gasteiger partial charge in [-0.2, -0.15) is 15.0 Å². The van der Waals surface area contributed by atoms with Gasteiger partial charge >= 0.3 is 0 Å². The highest BCUT2D eigenvalue weighted by Crippen LogP contribution is 2.42. The number of hydrogen-bond acceptors (Lipinski definition) is 9. The number of nitrogens with two attached hydrogens (primary N) is 1. The quantitative estimate of drug-likeness (QED) is 0.374. The number of fused-ring (bicyclic) bond motifs is 1. The second kappa shape index (κ2) is 7.88. The number of nitrogens with zero attached hydrogens (tertiary/aromatic N) is 6. The van der Waals surface area contributed by atoms with Crippen molar-refractivity contribution in [3.05, 3.63) is 47.6 Å². The van der Waals surface area contributed by atoms with Crippen molar-refractivity contribution in [2.75, 3.05) is 24.7 Å². The zero-order valence-corrected chi connectivity index (χ0v) is 17.6. The van der Waals surface area contributed by atoms with Crippen LogP contribution in [0.2, 0.25) is 0 Å². The molecule has 7 nitrogen and oxygen atoms in total. The molecule has 4 rings (SSSR count). The summed E-state index contributed by atoms with van der Waals surface area (Å²) in [7, 11) is 3.70. The molecule has 0 fully saturated rings. The maximum absolute atomic E-state index is 13.3. The van der Waals surface area contributed by atoms with Gasteiger partial charge in [-0.1, -0.05) is 23.9 Å². The van der Waals surface area contributed by atoms with Crippen molar-refractivity contribution >= 4 is 45.2 Å². The molecule has 0 saturated heterocycles. The molecule has 0 aliphatic carbocycles. The summed E-state index contributed by atoms with van der Waals surface area (Å²) >= 11 is 3.06. The lowest BCUT2D eigenvalue weighted by atomic mass is 10.1. The lowest BCUT2D eigenvalue weighted by molar-refractivity contribution is 0.628. The number of thioether (sulfide) groups is 1. The molecule has 0 amide bonds. The number of anilines is 2. The summed E-state index contributed by atoms with van der Waals surface area (Å²) in [5, 5.41) is 3.66. The van der Waals surface area contributed by atoms with Crippen LogP contribution < -0.4 is 10.6 Å². The fourth-order valence-electron chi connectivity index (χ4n) is 2.78. The minimum atomic E-state index is -0.267. The Kier molecular flexibility index (Phi) is 5.29. The Morgan fingerprint density at radius 2 is 1.86 bits per heavy atom. The molecule has 0 saturated carbocycles. The largest absolute Gasteiger partial charge is 0.368 e. The van der Waals surface area contributed by atoms with Gasteiger partial charge in [0.25, 0.3) is 0 Å². The second-order valence-corrected chi connectivity index (χ2v) is 8.71. The van der Waals surface area contributed by atoms with Crippen molar-refractivity contribution in [2.45, 2.75) is 17.2 Å². The maximum atomic E-state index is 13.3. The molecule has 0 spiro atoms. The molecule has 0 radical (unpaired) electrons. The SMILES string of the molecule is C[C@@H](Sc1ncnc2scc(-c3ccc(F)cc3)c12)c1nc(N)nc(N(C)C)n1. The molecule has 148 valence electrons. The third-order valence-electron chi connectivity index (χ3n) is 4.20. The summed E-state index contributed by atoms with van der Waals surface area (Å²) in [5.41, 5.74) is 7.76. The van der Waals surface area contributed by atoms with Crippen LogP contribution in [0, 0.1) is 5.82 Å². The summed E-state index contributed by atoms with van der Waals surface area (Å²) in [6.45, 7) is 2.00. The minimum absolute atomic E-state index is 0.113. The van der Waals surface area contributed by atoms with E-state index >= 15 is 0 Å². The van der Waals surface area contributed by atoms with Gasteiger partial charge in [0.15, 0.2) is 0 Å². The lowest BCUT2D eigenvalue weighted by Gasteiger charge is -2.15. The molecule has 1 aromatic carbocycles. The Bertz CT molecular complexity index is 1160. The van der Waals surface area contributed by atoms with Crippen molar-refractivity contribution in [3.8, 4) is 11.1 Å². The first kappa shape index (κ1) is 19.5. The number of hydrogen-bond donors (Lipinski definition) is 1. The zero-order chi connectivity index (χ0) is 20.5. The van der Waals surface area contributed by atoms with Gasteiger partial charge in [0.2, 0.25) is 11.9 Å². The summed E-state index contributed by atoms with van der Waals surface area (Å²) in [4.78, 5) is 24.5. The zero-order valence-electron chi connectivity index (χ0n) is 16.0. The number of nitrogen functional groups attached to an aromatic ring is 1. The predicted molar refractivity (Wildman–Crippen MR) is 116 cm³/mol. The summed E-state index contributed by atoms with van der Waals surface area (Å²) in [6, 6.07) is 6.43. The van der Waals surface area contributed by atoms with Gasteiger partial charge in [0.05, 0.1) is 10.6 Å². The van der Waals surface area contributed by atoms with Crippen LogP contribution in [0.4, 0.5) is 16.3 Å². The second-order valence-electron chi connectivity index (χ2n) is 6.52. The number of halogens is 1. The molecule has 3 aromatic heterocycles. The highest BCUT2D eigenvalue weighted by atomic mass is 32.2. The van der Waals surface area contributed by atoms with E-state index in [1.807, 2.05) is 26.4 Å². The summed E-state index contributed by atoms with van der Waals surface area (Å²) in [5.74, 6) is 1.00. The van der Waals surface area contributed by atoms with Gasteiger partial charge in [-0.15, -0.1) is 11.3 Å². The Labute approximate surface area is 175 Å². The van der Waals surface area contributed by atoms with E-state index in [1.165, 1.54) is 35.2 Å². The molecule has 0 unspecified atom stereocenters. The van der Waals surface area contributed by atoms with Crippen LogP contribution in [-0.2, 0) is 0 Å². The number of benzene rings is 1. The summed E-state index contributed by atoms with van der Waals surface area (Å²) < 4.78 is 13.3. The van der Waals surface area contributed by atoms with E-state index in [0.29, 0.717) is 11.8 Å². The standard InChI is InChI=1S/C19H18FN7S2/c1-10(15-24-18(21)26-19(25-15)27(2)3)29-17-14-13(8-28-16(14)22-9-23-17)11-4-6-12(20)7-5-11/h4-10H,1-3H3,(H2,21,24,25,26)/t10-/m1/s1. The number of rotatable bonds is 5. The van der Waals surface area contributed by atoms with Crippen molar-refractivity contribution in [1.82, 2.24) is 24.9 Å². The molecule has 3 heterocycles. The smallest absolute Gasteiger partial charge is 0.229 e. The van der Waals surface area contributed by atoms with Crippen LogP contribution in [0.15, 0.2) is 41.0 Å². The van der Waals surface area contributed by atoms with Gasteiger partial charge in [-0.3, -0.25) is 0 Å². The van der Waals surface area contributed by atoms with Crippen LogP contribution in [-0.4, -0.2) is 39.0 Å². The fraction of sp³-hybridized carbons (Fsp3) is 0.211. The lowest BCUT2D eigenvalue weighted by Crippen LogP contribution is -2.16. The summed E-state index contributed by atoms with van der Waals surface area (Å²) in [6.07, 6.45) is 1.55. The molecule has 1 atom stereocenters. The molecular weight excluding hydrogens is 409 g/mol. The molecule has 0 aliphatic rings. The minimum Gasteiger partial charge on any atom is -0.368 e. The monoisotopic (exact) mass is 427 g/mol. The highest BCUT2D eigenvalue weighted by Gasteiger charge is 2.19. The number of aromatic nitrogens is 5. The topological polar surface area (TPSA) is 93.7 Å². The average Bonchev–Trinajstić information content (AvgIpc) is 3.13. The van der Waals surface area contributed by atoms with Crippen LogP contribution in [0.3, 0.4) is 0 Å². The molecule has 10 heteroatoms. The van der Waals surface area contributed by atoms with Gasteiger partial charge in [-0.05, 0) is 24.6 Å². The van der Waals surface area contributed by atoms with Gasteiger partial charge in [0, 0.05) is 25.0 Å². The van der Waals surface area contributed by atoms with E-state index in [0.717, 1.165) is 26.4 Å². The van der Waals surface area contributed by atoms with E-state index in [1.54, 1.807) is 23.4 Å². The Balaban J connectivity index is 1.73. The number of thiophene rings is 1. The third kappa shape index (κ3) is 3.99. The normalized spacial score (nSPS) is 12.3. The van der Waals surface area contributed by atoms with Crippen molar-refractivity contribution in [1.29, 1.82) is 0 Å². The van der Waals surface area contributed by atoms with Crippen LogP contribution in [0.1, 0.15) is 18.0 Å². The average molecular weight is 428 g/mol. The van der Waals surface area contributed by atoms with Crippen molar-refractivity contribution in [3.63, 3.8) is 0 Å². The van der Waals surface area contributed by atoms with Gasteiger partial charge in [0.1, 0.15) is 27.8 Å². The van der Waals surface area contributed by atoms with Crippen molar-refractivity contribution in [2.24, 2.45) is 0 Å². The Hall–Kier alpha value is -2.85. The van der Waals surface area contributed by atoms with E-state index in [9.17, 15) is 4.39 Å². The highest BCUT2D eigenvalue weighted by molar-refractivity contribution is 7.99. The van der Waals surface area contributed by atoms with E-state index < -0.39 is 0 Å². The molecular formula is C19H18FN7S2. The Morgan fingerprint density at radius 1 is 1.10 bits per heavy atom. The molecule has 4 aromatic rings. The van der Waals surface area contributed by atoms with Crippen LogP contribution in [0.25, 0.3) is 21.3 Å². The predicted octanol–water partition coefficient (Wildman–Crippen LogP) is 4.18. The van der Waals surface area contributed by atoms with E-state index in [4.69, 9.17) is 5.73 Å². The van der Waals surface area contributed by atoms with Gasteiger partial charge in [-0.25, -0.2) is 14.4 Å². The van der Waals surface area contributed by atoms with Crippen molar-refractivity contribution < 1.29 is 4.39 Å². The first-order chi connectivity index (χ1) is 13.9. The molecule has 2 N–H and O–H groups in total. The van der Waals surface area contributed by atoms with Crippen LogP contribution in [0.5, 0.6) is 0 Å². The van der Waals surface area contributed by atoms with E-state index in [-0.39, 0.29) is 17.0 Å². The fourth-order valence-corrected chi connectivity index (χ4v) is 4.74. The first-order valence-electron chi connectivity index (χ1n) is 8.76. The molecule has 0 bridgehead atoms. The molecule has 0 aliphatic heterocycles. The van der Waals surface area contributed by atoms with E-state index in [2.05, 4.69) is 24.9 Å². The van der Waals surface area contributed by atoms with Gasteiger partial charge < -0.3 is 10.6 Å². The molecule has 29 heavy (non-hydrogen) atoms. The first-order valence-corrected chi connectivity index (χ1v) is 10.5.